The van der Waals surface area contributed by atoms with Crippen molar-refractivity contribution in [2.45, 2.75) is 25.8 Å². The second kappa shape index (κ2) is 11.0. The third-order valence-electron chi connectivity index (χ3n) is 5.11. The maximum Gasteiger partial charge on any atom is 0.255 e. The van der Waals surface area contributed by atoms with Crippen LogP contribution in [0.1, 0.15) is 40.9 Å². The Balaban J connectivity index is 1.57. The topological polar surface area (TPSA) is 76.7 Å². The molecule has 6 nitrogen and oxygen atoms in total. The van der Waals surface area contributed by atoms with Gasteiger partial charge in [-0.15, -0.1) is 0 Å². The predicted octanol–water partition coefficient (Wildman–Crippen LogP) is 4.77. The van der Waals surface area contributed by atoms with Gasteiger partial charge in [0.2, 0.25) is 5.91 Å². The summed E-state index contributed by atoms with van der Waals surface area (Å²) >= 11 is 0. The van der Waals surface area contributed by atoms with Crippen LogP contribution in [-0.2, 0) is 11.2 Å². The highest BCUT2D eigenvalue weighted by Gasteiger charge is 2.12. The Morgan fingerprint density at radius 3 is 2.22 bits per heavy atom. The normalized spacial score (nSPS) is 11.3. The van der Waals surface area contributed by atoms with Gasteiger partial charge in [-0.25, -0.2) is 0 Å². The van der Waals surface area contributed by atoms with Crippen LogP contribution in [0.3, 0.4) is 0 Å². The van der Waals surface area contributed by atoms with Crippen molar-refractivity contribution in [1.82, 2.24) is 5.32 Å². The van der Waals surface area contributed by atoms with Crippen LogP contribution in [0.25, 0.3) is 0 Å². The minimum Gasteiger partial charge on any atom is -0.497 e. The maximum atomic E-state index is 12.5. The van der Waals surface area contributed by atoms with Crippen LogP contribution in [0.4, 0.5) is 5.69 Å². The van der Waals surface area contributed by atoms with E-state index >= 15 is 0 Å². The van der Waals surface area contributed by atoms with Crippen molar-refractivity contribution in [3.63, 3.8) is 0 Å². The van der Waals surface area contributed by atoms with Gasteiger partial charge in [-0.3, -0.25) is 9.59 Å². The summed E-state index contributed by atoms with van der Waals surface area (Å²) in [5.74, 6) is 1.16. The number of ether oxygens (including phenoxy) is 2. The van der Waals surface area contributed by atoms with Gasteiger partial charge in [0.15, 0.2) is 0 Å². The van der Waals surface area contributed by atoms with Gasteiger partial charge in [0.25, 0.3) is 5.91 Å². The van der Waals surface area contributed by atoms with Gasteiger partial charge >= 0.3 is 0 Å². The first-order valence-electron chi connectivity index (χ1n) is 10.5. The molecule has 0 heterocycles. The molecule has 6 heteroatoms. The molecule has 3 rings (SSSR count). The summed E-state index contributed by atoms with van der Waals surface area (Å²) < 4.78 is 10.6. The number of aryl methyl sites for hydroxylation is 1. The lowest BCUT2D eigenvalue weighted by Gasteiger charge is -2.16. The van der Waals surface area contributed by atoms with Gasteiger partial charge in [-0.1, -0.05) is 30.3 Å². The Morgan fingerprint density at radius 2 is 1.56 bits per heavy atom. The average Bonchev–Trinajstić information content (AvgIpc) is 2.83. The average molecular weight is 433 g/mol. The number of carbonyl (C=O) groups is 2. The largest absolute Gasteiger partial charge is 0.497 e. The predicted molar refractivity (Wildman–Crippen MR) is 125 cm³/mol. The number of nitrogens with one attached hydrogen (secondary N) is 2. The van der Waals surface area contributed by atoms with Gasteiger partial charge in [0.1, 0.15) is 11.5 Å². The van der Waals surface area contributed by atoms with Crippen molar-refractivity contribution in [3.8, 4) is 11.5 Å². The second-order valence-electron chi connectivity index (χ2n) is 7.46. The number of hydrogen-bond acceptors (Lipinski definition) is 4. The summed E-state index contributed by atoms with van der Waals surface area (Å²) in [6.07, 6.45) is 0.907. The van der Waals surface area contributed by atoms with E-state index in [1.165, 1.54) is 0 Å². The SMILES string of the molecule is COc1cc(CCC(=O)NC(C)c2cccc(NC(=O)c3ccccc3)c2)cc(OC)c1. The molecule has 3 aromatic rings. The number of benzene rings is 3. The number of methoxy groups -OCH3 is 2. The first-order valence-corrected chi connectivity index (χ1v) is 10.5. The van der Waals surface area contributed by atoms with Crippen LogP contribution in [0.2, 0.25) is 0 Å². The molecule has 2 N–H and O–H groups in total. The molecule has 0 aliphatic rings. The van der Waals surface area contributed by atoms with E-state index in [1.807, 2.05) is 61.5 Å². The Kier molecular flexibility index (Phi) is 7.86. The van der Waals surface area contributed by atoms with Crippen LogP contribution >= 0.6 is 0 Å². The first-order chi connectivity index (χ1) is 15.5. The molecule has 0 saturated carbocycles. The lowest BCUT2D eigenvalue weighted by molar-refractivity contribution is -0.121. The summed E-state index contributed by atoms with van der Waals surface area (Å²) in [7, 11) is 3.20. The molecule has 0 aromatic heterocycles. The van der Waals surface area contributed by atoms with Crippen molar-refractivity contribution >= 4 is 17.5 Å². The lowest BCUT2D eigenvalue weighted by Crippen LogP contribution is -2.27. The Morgan fingerprint density at radius 1 is 0.875 bits per heavy atom. The molecule has 0 radical (unpaired) electrons. The maximum absolute atomic E-state index is 12.5. The lowest BCUT2D eigenvalue weighted by atomic mass is 10.1. The van der Waals surface area contributed by atoms with E-state index in [0.29, 0.717) is 35.6 Å². The zero-order valence-corrected chi connectivity index (χ0v) is 18.6. The number of rotatable bonds is 9. The fraction of sp³-hybridized carbons (Fsp3) is 0.231. The fourth-order valence-corrected chi connectivity index (χ4v) is 3.34. The van der Waals surface area contributed by atoms with Crippen molar-refractivity contribution in [3.05, 3.63) is 89.5 Å². The molecule has 1 atom stereocenters. The molecule has 1 unspecified atom stereocenters. The second-order valence-corrected chi connectivity index (χ2v) is 7.46. The molecule has 0 aliphatic carbocycles. The van der Waals surface area contributed by atoms with E-state index in [4.69, 9.17) is 9.47 Å². The number of carbonyl (C=O) groups excluding carboxylic acids is 2. The van der Waals surface area contributed by atoms with E-state index < -0.39 is 0 Å². The molecule has 32 heavy (non-hydrogen) atoms. The molecule has 0 spiro atoms. The highest BCUT2D eigenvalue weighted by molar-refractivity contribution is 6.04. The van der Waals surface area contributed by atoms with Gasteiger partial charge in [0, 0.05) is 23.7 Å². The molecule has 2 amide bonds. The molecule has 0 bridgehead atoms. The van der Waals surface area contributed by atoms with E-state index in [9.17, 15) is 9.59 Å². The third kappa shape index (κ3) is 6.35. The molecule has 0 saturated heterocycles. The number of amides is 2. The smallest absolute Gasteiger partial charge is 0.255 e. The van der Waals surface area contributed by atoms with Crippen molar-refractivity contribution < 1.29 is 19.1 Å². The van der Waals surface area contributed by atoms with Gasteiger partial charge < -0.3 is 20.1 Å². The van der Waals surface area contributed by atoms with Crippen LogP contribution in [0.15, 0.2) is 72.8 Å². The van der Waals surface area contributed by atoms with Crippen LogP contribution in [-0.4, -0.2) is 26.0 Å². The van der Waals surface area contributed by atoms with Gasteiger partial charge in [0.05, 0.1) is 20.3 Å². The highest BCUT2D eigenvalue weighted by Crippen LogP contribution is 2.23. The zero-order valence-electron chi connectivity index (χ0n) is 18.6. The van der Waals surface area contributed by atoms with E-state index in [1.54, 1.807) is 32.4 Å². The van der Waals surface area contributed by atoms with Crippen molar-refractivity contribution in [2.24, 2.45) is 0 Å². The zero-order chi connectivity index (χ0) is 22.9. The molecule has 0 fully saturated rings. The Labute approximate surface area is 188 Å². The Bertz CT molecular complexity index is 1040. The quantitative estimate of drug-likeness (QED) is 0.511. The molecule has 0 aliphatic heterocycles. The summed E-state index contributed by atoms with van der Waals surface area (Å²) in [5.41, 5.74) is 3.15. The highest BCUT2D eigenvalue weighted by atomic mass is 16.5. The summed E-state index contributed by atoms with van der Waals surface area (Å²) in [6, 6.07) is 21.9. The molecular formula is C26H28N2O4. The minimum atomic E-state index is -0.198. The number of hydrogen-bond donors (Lipinski definition) is 2. The number of anilines is 1. The van der Waals surface area contributed by atoms with Gasteiger partial charge in [-0.05, 0) is 60.9 Å². The molecule has 3 aromatic carbocycles. The summed E-state index contributed by atoms with van der Waals surface area (Å²) in [5, 5.41) is 5.92. The van der Waals surface area contributed by atoms with Crippen LogP contribution < -0.4 is 20.1 Å². The fourth-order valence-electron chi connectivity index (χ4n) is 3.34. The van der Waals surface area contributed by atoms with Crippen LogP contribution in [0.5, 0.6) is 11.5 Å². The van der Waals surface area contributed by atoms with Crippen molar-refractivity contribution in [2.75, 3.05) is 19.5 Å². The summed E-state index contributed by atoms with van der Waals surface area (Å²) in [4.78, 5) is 24.9. The molecule has 166 valence electrons. The first kappa shape index (κ1) is 22.9. The molecular weight excluding hydrogens is 404 g/mol. The minimum absolute atomic E-state index is 0.0574. The van der Waals surface area contributed by atoms with E-state index in [-0.39, 0.29) is 17.9 Å². The Hall–Kier alpha value is -3.80. The van der Waals surface area contributed by atoms with E-state index in [0.717, 1.165) is 11.1 Å². The van der Waals surface area contributed by atoms with E-state index in [2.05, 4.69) is 10.6 Å². The van der Waals surface area contributed by atoms with Gasteiger partial charge in [-0.2, -0.15) is 0 Å². The monoisotopic (exact) mass is 432 g/mol. The standard InChI is InChI=1S/C26H28N2O4/c1-18(27-25(29)13-12-19-14-23(31-2)17-24(15-19)32-3)21-10-7-11-22(16-21)28-26(30)20-8-5-4-6-9-20/h4-11,14-18H,12-13H2,1-3H3,(H,27,29)(H,28,30). The summed E-state index contributed by atoms with van der Waals surface area (Å²) in [6.45, 7) is 1.92. The third-order valence-corrected chi connectivity index (χ3v) is 5.11. The van der Waals surface area contributed by atoms with Crippen molar-refractivity contribution in [1.29, 1.82) is 0 Å². The van der Waals surface area contributed by atoms with Crippen LogP contribution in [0, 0.1) is 0 Å².